The number of rotatable bonds is 5. The molecule has 0 heterocycles. The molecule has 0 spiro atoms. The molecule has 0 aliphatic carbocycles. The second-order valence-corrected chi connectivity index (χ2v) is 4.15. The molecule has 0 bridgehead atoms. The van der Waals surface area contributed by atoms with Crippen molar-refractivity contribution in [2.75, 3.05) is 6.61 Å². The lowest BCUT2D eigenvalue weighted by atomic mass is 10.0. The number of hydrogen-bond acceptors (Lipinski definition) is 2. The van der Waals surface area contributed by atoms with Crippen LogP contribution in [0, 0.1) is 5.92 Å². The minimum absolute atomic E-state index is 0.261. The number of aliphatic hydroxyl groups excluding tert-OH is 1. The van der Waals surface area contributed by atoms with Gasteiger partial charge in [0.25, 0.3) is 0 Å². The van der Waals surface area contributed by atoms with Gasteiger partial charge in [-0.15, -0.1) is 0 Å². The fraction of sp³-hybridized carbons (Fsp3) is 0.500. The van der Waals surface area contributed by atoms with Crippen LogP contribution in [0.25, 0.3) is 0 Å². The summed E-state index contributed by atoms with van der Waals surface area (Å²) >= 11 is 5.74. The van der Waals surface area contributed by atoms with Crippen LogP contribution >= 0.6 is 11.6 Å². The summed E-state index contributed by atoms with van der Waals surface area (Å²) in [6.07, 6.45) is 0.538. The second kappa shape index (κ2) is 5.99. The topological polar surface area (TPSA) is 29.5 Å². The SMILES string of the molecule is CCC(C)C(O)COc1ccc(Cl)cc1. The smallest absolute Gasteiger partial charge is 0.119 e. The van der Waals surface area contributed by atoms with Gasteiger partial charge in [0, 0.05) is 5.02 Å². The van der Waals surface area contributed by atoms with Gasteiger partial charge in [-0.05, 0) is 30.2 Å². The summed E-state index contributed by atoms with van der Waals surface area (Å²) in [6, 6.07) is 7.14. The highest BCUT2D eigenvalue weighted by atomic mass is 35.5. The van der Waals surface area contributed by atoms with Gasteiger partial charge in [-0.25, -0.2) is 0 Å². The van der Waals surface area contributed by atoms with Gasteiger partial charge in [0.2, 0.25) is 0 Å². The Morgan fingerprint density at radius 3 is 2.47 bits per heavy atom. The standard InChI is InChI=1S/C12H17ClO2/c1-3-9(2)12(14)8-15-11-6-4-10(13)5-7-11/h4-7,9,12,14H,3,8H2,1-2H3. The maximum absolute atomic E-state index is 9.68. The minimum Gasteiger partial charge on any atom is -0.491 e. The molecule has 1 N–H and O–H groups in total. The van der Waals surface area contributed by atoms with E-state index in [-0.39, 0.29) is 5.92 Å². The highest BCUT2D eigenvalue weighted by molar-refractivity contribution is 6.30. The van der Waals surface area contributed by atoms with E-state index in [9.17, 15) is 5.11 Å². The zero-order valence-corrected chi connectivity index (χ0v) is 9.87. The van der Waals surface area contributed by atoms with E-state index >= 15 is 0 Å². The average Bonchev–Trinajstić information content (AvgIpc) is 2.26. The molecule has 15 heavy (non-hydrogen) atoms. The third kappa shape index (κ3) is 4.10. The molecule has 0 aliphatic heterocycles. The second-order valence-electron chi connectivity index (χ2n) is 3.72. The molecule has 2 nitrogen and oxygen atoms in total. The van der Waals surface area contributed by atoms with Gasteiger partial charge in [-0.3, -0.25) is 0 Å². The van der Waals surface area contributed by atoms with Crippen molar-refractivity contribution in [3.05, 3.63) is 29.3 Å². The zero-order chi connectivity index (χ0) is 11.3. The van der Waals surface area contributed by atoms with Crippen LogP contribution in [-0.2, 0) is 0 Å². The lowest BCUT2D eigenvalue weighted by molar-refractivity contribution is 0.0622. The van der Waals surface area contributed by atoms with Gasteiger partial charge in [0.05, 0.1) is 6.10 Å². The molecule has 2 unspecified atom stereocenters. The van der Waals surface area contributed by atoms with Crippen molar-refractivity contribution in [2.45, 2.75) is 26.4 Å². The molecule has 2 atom stereocenters. The van der Waals surface area contributed by atoms with Gasteiger partial charge >= 0.3 is 0 Å². The van der Waals surface area contributed by atoms with Crippen LogP contribution in [0.1, 0.15) is 20.3 Å². The summed E-state index contributed by atoms with van der Waals surface area (Å²) in [7, 11) is 0. The molecule has 0 fully saturated rings. The molecule has 0 radical (unpaired) electrons. The fourth-order valence-electron chi connectivity index (χ4n) is 1.15. The van der Waals surface area contributed by atoms with Crippen LogP contribution in [0.2, 0.25) is 5.02 Å². The summed E-state index contributed by atoms with van der Waals surface area (Å²) in [6.45, 7) is 4.39. The van der Waals surface area contributed by atoms with Crippen LogP contribution in [0.3, 0.4) is 0 Å². The molecule has 1 aromatic rings. The molecule has 0 aliphatic rings. The first-order valence-corrected chi connectivity index (χ1v) is 5.57. The average molecular weight is 229 g/mol. The van der Waals surface area contributed by atoms with Crippen LogP contribution in [-0.4, -0.2) is 17.8 Å². The molecule has 0 saturated carbocycles. The van der Waals surface area contributed by atoms with Crippen molar-refractivity contribution >= 4 is 11.6 Å². The quantitative estimate of drug-likeness (QED) is 0.839. The largest absolute Gasteiger partial charge is 0.491 e. The summed E-state index contributed by atoms with van der Waals surface area (Å²) in [5.74, 6) is 0.999. The molecule has 0 saturated heterocycles. The van der Waals surface area contributed by atoms with Crippen molar-refractivity contribution < 1.29 is 9.84 Å². The maximum Gasteiger partial charge on any atom is 0.119 e. The predicted molar refractivity (Wildman–Crippen MR) is 62.4 cm³/mol. The first-order valence-electron chi connectivity index (χ1n) is 5.20. The zero-order valence-electron chi connectivity index (χ0n) is 9.11. The predicted octanol–water partition coefficient (Wildman–Crippen LogP) is 3.13. The molecule has 84 valence electrons. The molecule has 0 aromatic heterocycles. The monoisotopic (exact) mass is 228 g/mol. The Morgan fingerprint density at radius 1 is 1.33 bits per heavy atom. The van der Waals surface area contributed by atoms with E-state index in [2.05, 4.69) is 6.92 Å². The maximum atomic E-state index is 9.68. The molecule has 3 heteroatoms. The van der Waals surface area contributed by atoms with Gasteiger partial charge < -0.3 is 9.84 Å². The van der Waals surface area contributed by atoms with Crippen LogP contribution in [0.5, 0.6) is 5.75 Å². The Kier molecular flexibility index (Phi) is 4.92. The Bertz CT molecular complexity index is 284. The van der Waals surface area contributed by atoms with Gasteiger partial charge in [-0.2, -0.15) is 0 Å². The first kappa shape index (κ1) is 12.3. The highest BCUT2D eigenvalue weighted by Crippen LogP contribution is 2.16. The van der Waals surface area contributed by atoms with Crippen LogP contribution in [0.15, 0.2) is 24.3 Å². The van der Waals surface area contributed by atoms with Crippen molar-refractivity contribution in [3.63, 3.8) is 0 Å². The lowest BCUT2D eigenvalue weighted by Gasteiger charge is -2.17. The van der Waals surface area contributed by atoms with Crippen molar-refractivity contribution in [1.82, 2.24) is 0 Å². The summed E-state index contributed by atoms with van der Waals surface area (Å²) < 4.78 is 5.44. The van der Waals surface area contributed by atoms with Crippen molar-refractivity contribution in [1.29, 1.82) is 0 Å². The highest BCUT2D eigenvalue weighted by Gasteiger charge is 2.12. The summed E-state index contributed by atoms with van der Waals surface area (Å²) in [5, 5.41) is 10.4. The van der Waals surface area contributed by atoms with Gasteiger partial charge in [0.1, 0.15) is 12.4 Å². The van der Waals surface area contributed by atoms with E-state index in [0.717, 1.165) is 12.2 Å². The first-order chi connectivity index (χ1) is 7.13. The van der Waals surface area contributed by atoms with Crippen molar-refractivity contribution in [3.8, 4) is 5.75 Å². The Morgan fingerprint density at radius 2 is 1.93 bits per heavy atom. The normalized spacial score (nSPS) is 14.7. The van der Waals surface area contributed by atoms with E-state index in [1.165, 1.54) is 0 Å². The van der Waals surface area contributed by atoms with E-state index in [1.807, 2.05) is 6.92 Å². The number of halogens is 1. The van der Waals surface area contributed by atoms with E-state index in [4.69, 9.17) is 16.3 Å². The molecule has 1 aromatic carbocycles. The molecular weight excluding hydrogens is 212 g/mol. The fourth-order valence-corrected chi connectivity index (χ4v) is 1.27. The Hall–Kier alpha value is -0.730. The third-order valence-corrected chi connectivity index (χ3v) is 2.79. The molecular formula is C12H17ClO2. The number of ether oxygens (including phenoxy) is 1. The van der Waals surface area contributed by atoms with Crippen LogP contribution in [0.4, 0.5) is 0 Å². The summed E-state index contributed by atoms with van der Waals surface area (Å²) in [5.41, 5.74) is 0. The van der Waals surface area contributed by atoms with E-state index < -0.39 is 6.10 Å². The van der Waals surface area contributed by atoms with Gasteiger partial charge in [0.15, 0.2) is 0 Å². The molecule has 1 rings (SSSR count). The Labute approximate surface area is 95.8 Å². The lowest BCUT2D eigenvalue weighted by Crippen LogP contribution is -2.24. The number of aliphatic hydroxyl groups is 1. The van der Waals surface area contributed by atoms with E-state index in [1.54, 1.807) is 24.3 Å². The minimum atomic E-state index is -0.411. The third-order valence-electron chi connectivity index (χ3n) is 2.54. The number of hydrogen-bond donors (Lipinski definition) is 1. The Balaban J connectivity index is 2.40. The van der Waals surface area contributed by atoms with Crippen molar-refractivity contribution in [2.24, 2.45) is 5.92 Å². The van der Waals surface area contributed by atoms with E-state index in [0.29, 0.717) is 11.6 Å². The molecule has 0 amide bonds. The van der Waals surface area contributed by atoms with Gasteiger partial charge in [-0.1, -0.05) is 31.9 Å². The van der Waals surface area contributed by atoms with Crippen LogP contribution < -0.4 is 4.74 Å². The number of benzene rings is 1. The summed E-state index contributed by atoms with van der Waals surface area (Å²) in [4.78, 5) is 0.